The molecule has 2 aliphatic rings. The summed E-state index contributed by atoms with van der Waals surface area (Å²) in [7, 11) is -0.412. The molecule has 2 aromatic rings. The van der Waals surface area contributed by atoms with Crippen molar-refractivity contribution in [2.75, 3.05) is 12.4 Å². The Balaban J connectivity index is 1.48. The maximum atomic E-state index is 13.4. The Morgan fingerprint density at radius 1 is 1.29 bits per heavy atom. The number of rotatable bonds is 5. The van der Waals surface area contributed by atoms with Gasteiger partial charge in [0.15, 0.2) is 0 Å². The van der Waals surface area contributed by atoms with Gasteiger partial charge < -0.3 is 9.88 Å². The quantitative estimate of drug-likeness (QED) is 0.701. The largest absolute Gasteiger partial charge is 0.329 e. The summed E-state index contributed by atoms with van der Waals surface area (Å²) in [5.74, 6) is -0.0260. The van der Waals surface area contributed by atoms with Gasteiger partial charge in [-0.2, -0.15) is 12.7 Å². The Morgan fingerprint density at radius 3 is 2.52 bits per heavy atom. The molecule has 0 saturated heterocycles. The minimum absolute atomic E-state index is 0.0642. The summed E-state index contributed by atoms with van der Waals surface area (Å²) in [4.78, 5) is 17.5. The van der Waals surface area contributed by atoms with Crippen molar-refractivity contribution in [2.45, 2.75) is 37.6 Å². The van der Waals surface area contributed by atoms with Gasteiger partial charge in [0.05, 0.1) is 17.0 Å². The van der Waals surface area contributed by atoms with Crippen LogP contribution in [0.4, 0.5) is 10.1 Å². The molecule has 168 valence electrons. The predicted molar refractivity (Wildman–Crippen MR) is 115 cm³/mol. The number of aromatic nitrogens is 2. The molecule has 8 nitrogen and oxygen atoms in total. The zero-order valence-electron chi connectivity index (χ0n) is 17.3. The van der Waals surface area contributed by atoms with Gasteiger partial charge in [0.1, 0.15) is 11.5 Å². The Bertz CT molecular complexity index is 1110. The average molecular weight is 470 g/mol. The first-order valence-corrected chi connectivity index (χ1v) is 12.0. The molecule has 2 saturated carbocycles. The van der Waals surface area contributed by atoms with Crippen LogP contribution in [0.25, 0.3) is 0 Å². The number of halogens is 2. The van der Waals surface area contributed by atoms with E-state index in [1.165, 1.54) is 29.6 Å². The summed E-state index contributed by atoms with van der Waals surface area (Å²) in [6, 6.07) is 3.94. The normalized spacial score (nSPS) is 25.7. The van der Waals surface area contributed by atoms with Gasteiger partial charge in [0.2, 0.25) is 0 Å². The van der Waals surface area contributed by atoms with E-state index in [1.54, 1.807) is 17.9 Å². The maximum absolute atomic E-state index is 13.4. The van der Waals surface area contributed by atoms with Gasteiger partial charge in [-0.05, 0) is 55.7 Å². The van der Waals surface area contributed by atoms with E-state index < -0.39 is 16.0 Å². The lowest BCUT2D eigenvalue weighted by atomic mass is 9.97. The van der Waals surface area contributed by atoms with Crippen molar-refractivity contribution in [2.24, 2.45) is 24.0 Å². The average Bonchev–Trinajstić information content (AvgIpc) is 3.35. The number of fused-ring (bicyclic) bond motifs is 1. The maximum Gasteiger partial charge on any atom is 0.276 e. The monoisotopic (exact) mass is 469 g/mol. The minimum atomic E-state index is -3.70. The van der Waals surface area contributed by atoms with Crippen LogP contribution in [0.3, 0.4) is 0 Å². The highest BCUT2D eigenvalue weighted by Gasteiger charge is 2.46. The van der Waals surface area contributed by atoms with Crippen molar-refractivity contribution in [1.29, 1.82) is 0 Å². The van der Waals surface area contributed by atoms with Gasteiger partial charge in [0.25, 0.3) is 16.1 Å². The number of hydrogen-bond acceptors (Lipinski definition) is 4. The standard InChI is InChI=1S/C20H25ClFN5O3S/c1-26-10-24-18(19(26)20(28)25-14-3-4-17(22)16(21)9-14)13-5-11-7-15(8-12(11)6-13)27(2)31(23,29)30/h3-4,9-13,15H,5-8H2,1-2H3,(H,25,28)(H2,23,29,30). The number of amides is 1. The highest BCUT2D eigenvalue weighted by atomic mass is 35.5. The van der Waals surface area contributed by atoms with Crippen molar-refractivity contribution >= 4 is 33.4 Å². The molecule has 1 aromatic carbocycles. The van der Waals surface area contributed by atoms with Crippen LogP contribution in [0.2, 0.25) is 5.02 Å². The molecule has 1 aromatic heterocycles. The fraction of sp³-hybridized carbons (Fsp3) is 0.500. The van der Waals surface area contributed by atoms with E-state index in [4.69, 9.17) is 16.7 Å². The summed E-state index contributed by atoms with van der Waals surface area (Å²) in [6.07, 6.45) is 4.83. The number of carbonyl (C=O) groups excluding carboxylic acids is 1. The molecule has 2 unspecified atom stereocenters. The van der Waals surface area contributed by atoms with Gasteiger partial charge in [-0.15, -0.1) is 0 Å². The third-order valence-corrected chi connectivity index (χ3v) is 8.04. The number of nitrogens with two attached hydrogens (primary N) is 1. The number of hydrogen-bond donors (Lipinski definition) is 2. The van der Waals surface area contributed by atoms with E-state index in [2.05, 4.69) is 10.3 Å². The second-order valence-electron chi connectivity index (χ2n) is 8.55. The van der Waals surface area contributed by atoms with Gasteiger partial charge >= 0.3 is 0 Å². The molecule has 31 heavy (non-hydrogen) atoms. The second-order valence-corrected chi connectivity index (χ2v) is 10.6. The van der Waals surface area contributed by atoms with E-state index in [0.717, 1.165) is 31.4 Å². The molecular formula is C20H25ClFN5O3S. The SMILES string of the molecule is CN(C1CC2CC(c3ncn(C)c3C(=O)Nc3ccc(F)c(Cl)c3)CC2C1)S(N)(=O)=O. The number of aryl methyl sites for hydroxylation is 1. The van der Waals surface area contributed by atoms with Crippen molar-refractivity contribution in [3.05, 3.63) is 46.8 Å². The first-order valence-electron chi connectivity index (χ1n) is 10.1. The minimum Gasteiger partial charge on any atom is -0.329 e. The Kier molecular flexibility index (Phi) is 5.84. The smallest absolute Gasteiger partial charge is 0.276 e. The van der Waals surface area contributed by atoms with Gasteiger partial charge in [0, 0.05) is 31.7 Å². The summed E-state index contributed by atoms with van der Waals surface area (Å²) in [5.41, 5.74) is 1.60. The lowest BCUT2D eigenvalue weighted by Crippen LogP contribution is -2.40. The molecular weight excluding hydrogens is 445 g/mol. The number of imidazole rings is 1. The van der Waals surface area contributed by atoms with Gasteiger partial charge in [-0.1, -0.05) is 11.6 Å². The molecule has 0 radical (unpaired) electrons. The van der Waals surface area contributed by atoms with E-state index in [9.17, 15) is 17.6 Å². The number of benzene rings is 1. The molecule has 0 aliphatic heterocycles. The van der Waals surface area contributed by atoms with Crippen LogP contribution in [0.5, 0.6) is 0 Å². The molecule has 2 fully saturated rings. The van der Waals surface area contributed by atoms with Crippen LogP contribution in [0.15, 0.2) is 24.5 Å². The van der Waals surface area contributed by atoms with E-state index >= 15 is 0 Å². The number of nitrogens with zero attached hydrogens (tertiary/aromatic N) is 3. The molecule has 11 heteroatoms. The van der Waals surface area contributed by atoms with Crippen LogP contribution < -0.4 is 10.5 Å². The van der Waals surface area contributed by atoms with Gasteiger partial charge in [-0.3, -0.25) is 4.79 Å². The predicted octanol–water partition coefficient (Wildman–Crippen LogP) is 2.87. The zero-order valence-corrected chi connectivity index (χ0v) is 18.8. The first-order chi connectivity index (χ1) is 14.5. The molecule has 1 amide bonds. The summed E-state index contributed by atoms with van der Waals surface area (Å²) in [6.45, 7) is 0. The third-order valence-electron chi connectivity index (χ3n) is 6.65. The van der Waals surface area contributed by atoms with Crippen molar-refractivity contribution in [3.63, 3.8) is 0 Å². The topological polar surface area (TPSA) is 110 Å². The van der Waals surface area contributed by atoms with E-state index in [0.29, 0.717) is 23.2 Å². The van der Waals surface area contributed by atoms with Crippen LogP contribution in [0.1, 0.15) is 47.8 Å². The Morgan fingerprint density at radius 2 is 1.94 bits per heavy atom. The fourth-order valence-electron chi connectivity index (χ4n) is 5.10. The number of nitrogens with one attached hydrogen (secondary N) is 1. The Labute approximate surface area is 185 Å². The Hall–Kier alpha value is -2.01. The van der Waals surface area contributed by atoms with Crippen LogP contribution in [-0.4, -0.2) is 41.3 Å². The van der Waals surface area contributed by atoms with Crippen LogP contribution in [-0.2, 0) is 17.3 Å². The third kappa shape index (κ3) is 4.34. The molecule has 0 bridgehead atoms. The van der Waals surface area contributed by atoms with Crippen molar-refractivity contribution in [1.82, 2.24) is 13.9 Å². The molecule has 0 spiro atoms. The molecule has 4 rings (SSSR count). The summed E-state index contributed by atoms with van der Waals surface area (Å²) in [5, 5.41) is 7.98. The lowest BCUT2D eigenvalue weighted by molar-refractivity contribution is 0.101. The first kappa shape index (κ1) is 22.2. The van der Waals surface area contributed by atoms with Crippen LogP contribution >= 0.6 is 11.6 Å². The highest BCUT2D eigenvalue weighted by Crippen LogP contribution is 2.51. The highest BCUT2D eigenvalue weighted by molar-refractivity contribution is 7.86. The number of carbonyl (C=O) groups is 1. The number of anilines is 1. The molecule has 1 heterocycles. The summed E-state index contributed by atoms with van der Waals surface area (Å²) >= 11 is 5.81. The van der Waals surface area contributed by atoms with Crippen molar-refractivity contribution in [3.8, 4) is 0 Å². The van der Waals surface area contributed by atoms with E-state index in [1.807, 2.05) is 0 Å². The van der Waals surface area contributed by atoms with E-state index in [-0.39, 0.29) is 22.9 Å². The fourth-order valence-corrected chi connectivity index (χ4v) is 5.87. The van der Waals surface area contributed by atoms with Gasteiger partial charge in [-0.25, -0.2) is 14.5 Å². The zero-order chi connectivity index (χ0) is 22.5. The molecule has 3 N–H and O–H groups in total. The summed E-state index contributed by atoms with van der Waals surface area (Å²) < 4.78 is 39.7. The van der Waals surface area contributed by atoms with Crippen LogP contribution in [0, 0.1) is 17.7 Å². The molecule has 2 aliphatic carbocycles. The molecule has 2 atom stereocenters. The lowest BCUT2D eigenvalue weighted by Gasteiger charge is -2.22. The second kappa shape index (κ2) is 8.16. The van der Waals surface area contributed by atoms with Crippen molar-refractivity contribution < 1.29 is 17.6 Å².